The Balaban J connectivity index is 1.56. The monoisotopic (exact) mass is 366 g/mol. The fourth-order valence-electron chi connectivity index (χ4n) is 3.74. The molecule has 0 spiro atoms. The smallest absolute Gasteiger partial charge is 0.224 e. The third kappa shape index (κ3) is 5.03. The lowest BCUT2D eigenvalue weighted by Crippen LogP contribution is -2.30. The Kier molecular flexibility index (Phi) is 6.38. The van der Waals surface area contributed by atoms with Gasteiger partial charge in [-0.3, -0.25) is 4.79 Å². The highest BCUT2D eigenvalue weighted by Gasteiger charge is 2.13. The van der Waals surface area contributed by atoms with Crippen molar-refractivity contribution in [1.82, 2.24) is 5.32 Å². The molecule has 1 N–H and O–H groups in total. The highest BCUT2D eigenvalue weighted by atomic mass is 16.5. The average Bonchev–Trinajstić information content (AvgIpc) is 2.69. The molecule has 0 radical (unpaired) electrons. The fraction of sp³-hybridized carbons (Fsp3) is 0.435. The lowest BCUT2D eigenvalue weighted by Gasteiger charge is -2.29. The number of carbonyl (C=O) groups excluding carboxylic acids is 1. The summed E-state index contributed by atoms with van der Waals surface area (Å²) in [5.41, 5.74) is 4.46. The number of aryl methyl sites for hydroxylation is 1. The minimum Gasteiger partial charge on any atom is -0.496 e. The normalized spacial score (nSPS) is 15.3. The van der Waals surface area contributed by atoms with Gasteiger partial charge in [0.15, 0.2) is 0 Å². The van der Waals surface area contributed by atoms with Crippen LogP contribution in [-0.2, 0) is 11.2 Å². The van der Waals surface area contributed by atoms with Gasteiger partial charge >= 0.3 is 0 Å². The summed E-state index contributed by atoms with van der Waals surface area (Å²) in [7, 11) is 1.66. The molecule has 3 rings (SSSR count). The molecule has 1 saturated heterocycles. The molecular weight excluding hydrogens is 336 g/mol. The Hall–Kier alpha value is -2.49. The first-order valence-corrected chi connectivity index (χ1v) is 9.84. The number of carbonyl (C=O) groups is 1. The number of benzene rings is 2. The van der Waals surface area contributed by atoms with Gasteiger partial charge in [0.1, 0.15) is 5.75 Å². The number of hydrogen-bond acceptors (Lipinski definition) is 3. The summed E-state index contributed by atoms with van der Waals surface area (Å²) in [6, 6.07) is 14.5. The van der Waals surface area contributed by atoms with Gasteiger partial charge in [0.05, 0.1) is 19.6 Å². The number of ether oxygens (including phenoxy) is 1. The zero-order valence-electron chi connectivity index (χ0n) is 16.6. The molecule has 0 aromatic heterocycles. The predicted octanol–water partition coefficient (Wildman–Crippen LogP) is 4.41. The summed E-state index contributed by atoms with van der Waals surface area (Å²) in [5, 5.41) is 3.11. The van der Waals surface area contributed by atoms with Crippen LogP contribution in [0.1, 0.15) is 48.9 Å². The van der Waals surface area contributed by atoms with Crippen LogP contribution in [0.3, 0.4) is 0 Å². The third-order valence-corrected chi connectivity index (χ3v) is 5.32. The van der Waals surface area contributed by atoms with E-state index in [0.717, 1.165) is 35.5 Å². The minimum absolute atomic E-state index is 0.00717. The maximum atomic E-state index is 12.4. The molecule has 1 unspecified atom stereocenters. The van der Waals surface area contributed by atoms with Gasteiger partial charge in [-0.2, -0.15) is 0 Å². The van der Waals surface area contributed by atoms with Gasteiger partial charge in [-0.1, -0.05) is 24.3 Å². The molecule has 4 heteroatoms. The maximum Gasteiger partial charge on any atom is 0.224 e. The van der Waals surface area contributed by atoms with Gasteiger partial charge in [0.2, 0.25) is 5.91 Å². The summed E-state index contributed by atoms with van der Waals surface area (Å²) in [6.07, 6.45) is 4.27. The molecule has 1 fully saturated rings. The quantitative estimate of drug-likeness (QED) is 0.823. The molecule has 4 nitrogen and oxygen atoms in total. The van der Waals surface area contributed by atoms with Gasteiger partial charge in [-0.25, -0.2) is 0 Å². The Morgan fingerprint density at radius 3 is 2.44 bits per heavy atom. The van der Waals surface area contributed by atoms with Gasteiger partial charge in [-0.15, -0.1) is 0 Å². The number of rotatable bonds is 6. The SMILES string of the molecule is COc1ccc(CC(=O)NC(C)c2ccc(N3CCCCC3)cc2)cc1C. The van der Waals surface area contributed by atoms with E-state index in [9.17, 15) is 4.79 Å². The second kappa shape index (κ2) is 8.94. The zero-order chi connectivity index (χ0) is 19.2. The first-order chi connectivity index (χ1) is 13.1. The van der Waals surface area contributed by atoms with Crippen LogP contribution in [0.4, 0.5) is 5.69 Å². The van der Waals surface area contributed by atoms with Crippen molar-refractivity contribution in [2.24, 2.45) is 0 Å². The van der Waals surface area contributed by atoms with Crippen LogP contribution >= 0.6 is 0 Å². The number of nitrogens with one attached hydrogen (secondary N) is 1. The molecule has 1 amide bonds. The topological polar surface area (TPSA) is 41.6 Å². The number of hydrogen-bond donors (Lipinski definition) is 1. The van der Waals surface area contributed by atoms with E-state index < -0.39 is 0 Å². The lowest BCUT2D eigenvalue weighted by atomic mass is 10.0. The number of amides is 1. The fourth-order valence-corrected chi connectivity index (χ4v) is 3.74. The Morgan fingerprint density at radius 2 is 1.81 bits per heavy atom. The van der Waals surface area contributed by atoms with Crippen LogP contribution in [0.2, 0.25) is 0 Å². The predicted molar refractivity (Wildman–Crippen MR) is 110 cm³/mol. The van der Waals surface area contributed by atoms with E-state index in [0.29, 0.717) is 6.42 Å². The first-order valence-electron chi connectivity index (χ1n) is 9.84. The maximum absolute atomic E-state index is 12.4. The van der Waals surface area contributed by atoms with Crippen molar-refractivity contribution in [1.29, 1.82) is 0 Å². The Bertz CT molecular complexity index is 764. The first kappa shape index (κ1) is 19.3. The van der Waals surface area contributed by atoms with E-state index >= 15 is 0 Å². The van der Waals surface area contributed by atoms with Crippen LogP contribution < -0.4 is 15.0 Å². The van der Waals surface area contributed by atoms with E-state index in [1.165, 1.54) is 24.9 Å². The minimum atomic E-state index is -0.00717. The van der Waals surface area contributed by atoms with Crippen molar-refractivity contribution in [2.45, 2.75) is 45.6 Å². The van der Waals surface area contributed by atoms with Crippen LogP contribution in [0.15, 0.2) is 42.5 Å². The molecule has 1 aliphatic heterocycles. The van der Waals surface area contributed by atoms with E-state index in [1.807, 2.05) is 32.0 Å². The standard InChI is InChI=1S/C23H30N2O2/c1-17-15-19(7-12-22(17)27-3)16-23(26)24-18(2)20-8-10-21(11-9-20)25-13-5-4-6-14-25/h7-12,15,18H,4-6,13-14,16H2,1-3H3,(H,24,26). The molecule has 0 aliphatic carbocycles. The molecule has 0 bridgehead atoms. The van der Waals surface area contributed by atoms with Crippen molar-refractivity contribution in [3.05, 3.63) is 59.2 Å². The van der Waals surface area contributed by atoms with Crippen molar-refractivity contribution in [3.63, 3.8) is 0 Å². The van der Waals surface area contributed by atoms with E-state index in [1.54, 1.807) is 7.11 Å². The average molecular weight is 367 g/mol. The summed E-state index contributed by atoms with van der Waals surface area (Å²) >= 11 is 0. The molecule has 144 valence electrons. The molecule has 2 aromatic carbocycles. The number of anilines is 1. The number of methoxy groups -OCH3 is 1. The number of nitrogens with zero attached hydrogens (tertiary/aromatic N) is 1. The van der Waals surface area contributed by atoms with E-state index in [-0.39, 0.29) is 11.9 Å². The summed E-state index contributed by atoms with van der Waals surface area (Å²) < 4.78 is 5.28. The van der Waals surface area contributed by atoms with Crippen LogP contribution in [0.25, 0.3) is 0 Å². The summed E-state index contributed by atoms with van der Waals surface area (Å²) in [6.45, 7) is 6.32. The van der Waals surface area contributed by atoms with Gasteiger partial charge in [-0.05, 0) is 68.0 Å². The molecule has 1 atom stereocenters. The van der Waals surface area contributed by atoms with Crippen LogP contribution in [-0.4, -0.2) is 26.1 Å². The molecule has 1 aliphatic rings. The highest BCUT2D eigenvalue weighted by Crippen LogP contribution is 2.23. The lowest BCUT2D eigenvalue weighted by molar-refractivity contribution is -0.121. The molecule has 1 heterocycles. The van der Waals surface area contributed by atoms with Crippen molar-refractivity contribution in [3.8, 4) is 5.75 Å². The second-order valence-electron chi connectivity index (χ2n) is 7.41. The summed E-state index contributed by atoms with van der Waals surface area (Å²) in [5.74, 6) is 0.883. The van der Waals surface area contributed by atoms with Gasteiger partial charge in [0, 0.05) is 18.8 Å². The van der Waals surface area contributed by atoms with E-state index in [4.69, 9.17) is 4.74 Å². The molecular formula is C23H30N2O2. The van der Waals surface area contributed by atoms with Crippen molar-refractivity contribution < 1.29 is 9.53 Å². The van der Waals surface area contributed by atoms with Crippen LogP contribution in [0.5, 0.6) is 5.75 Å². The van der Waals surface area contributed by atoms with Crippen molar-refractivity contribution >= 4 is 11.6 Å². The van der Waals surface area contributed by atoms with Gasteiger partial charge < -0.3 is 15.0 Å². The molecule has 2 aromatic rings. The number of piperidine rings is 1. The zero-order valence-corrected chi connectivity index (χ0v) is 16.6. The largest absolute Gasteiger partial charge is 0.496 e. The van der Waals surface area contributed by atoms with Gasteiger partial charge in [0.25, 0.3) is 0 Å². The van der Waals surface area contributed by atoms with E-state index in [2.05, 4.69) is 34.5 Å². The van der Waals surface area contributed by atoms with Crippen molar-refractivity contribution in [2.75, 3.05) is 25.1 Å². The summed E-state index contributed by atoms with van der Waals surface area (Å²) in [4.78, 5) is 14.9. The Labute approximate surface area is 162 Å². The Morgan fingerprint density at radius 1 is 1.11 bits per heavy atom. The molecule has 0 saturated carbocycles. The highest BCUT2D eigenvalue weighted by molar-refractivity contribution is 5.79. The van der Waals surface area contributed by atoms with Crippen LogP contribution in [0, 0.1) is 6.92 Å². The second-order valence-corrected chi connectivity index (χ2v) is 7.41. The molecule has 27 heavy (non-hydrogen) atoms. The third-order valence-electron chi connectivity index (χ3n) is 5.32.